The van der Waals surface area contributed by atoms with Crippen LogP contribution in [0.15, 0.2) is 48.5 Å². The topological polar surface area (TPSA) is 65.3 Å². The fourth-order valence-corrected chi connectivity index (χ4v) is 2.26. The Morgan fingerprint density at radius 1 is 1.22 bits per heavy atom. The summed E-state index contributed by atoms with van der Waals surface area (Å²) in [4.78, 5) is 0. The number of benzene rings is 2. The molecule has 0 bridgehead atoms. The lowest BCUT2D eigenvalue weighted by Crippen LogP contribution is -2.33. The minimum atomic E-state index is -0.600. The molecule has 0 aliphatic heterocycles. The van der Waals surface area contributed by atoms with Crippen molar-refractivity contribution in [3.05, 3.63) is 65.2 Å². The van der Waals surface area contributed by atoms with Gasteiger partial charge in [0, 0.05) is 12.6 Å². The zero-order chi connectivity index (χ0) is 16.7. The van der Waals surface area contributed by atoms with Gasteiger partial charge in [0.25, 0.3) is 0 Å². The Kier molecular flexibility index (Phi) is 6.16. The normalized spacial score (nSPS) is 13.1. The molecule has 0 amide bonds. The zero-order valence-corrected chi connectivity index (χ0v) is 13.5. The van der Waals surface area contributed by atoms with E-state index >= 15 is 0 Å². The average Bonchev–Trinajstić information content (AvgIpc) is 2.58. The van der Waals surface area contributed by atoms with Crippen molar-refractivity contribution in [1.29, 1.82) is 5.26 Å². The third kappa shape index (κ3) is 5.41. The summed E-state index contributed by atoms with van der Waals surface area (Å²) in [6, 6.07) is 17.4. The molecule has 2 aromatic rings. The number of hydrogen-bond donors (Lipinski definition) is 2. The summed E-state index contributed by atoms with van der Waals surface area (Å²) in [7, 11) is 0. The molecule has 2 aromatic carbocycles. The minimum absolute atomic E-state index is 0.0527. The lowest BCUT2D eigenvalue weighted by Gasteiger charge is -2.18. The van der Waals surface area contributed by atoms with Crippen molar-refractivity contribution < 1.29 is 9.84 Å². The van der Waals surface area contributed by atoms with Crippen LogP contribution in [0, 0.1) is 18.3 Å². The van der Waals surface area contributed by atoms with E-state index in [9.17, 15) is 5.11 Å². The number of ether oxygens (including phenoxy) is 1. The van der Waals surface area contributed by atoms with Crippen molar-refractivity contribution in [2.45, 2.75) is 26.0 Å². The Balaban J connectivity index is 1.79. The largest absolute Gasteiger partial charge is 0.491 e. The highest BCUT2D eigenvalue weighted by Crippen LogP contribution is 2.14. The van der Waals surface area contributed by atoms with E-state index in [1.54, 1.807) is 6.07 Å². The van der Waals surface area contributed by atoms with Crippen molar-refractivity contribution in [1.82, 2.24) is 5.32 Å². The summed E-state index contributed by atoms with van der Waals surface area (Å²) in [5.74, 6) is 0.763. The lowest BCUT2D eigenvalue weighted by atomic mass is 10.1. The Morgan fingerprint density at radius 3 is 2.74 bits per heavy atom. The molecule has 0 saturated carbocycles. The number of nitriles is 1. The highest BCUT2D eigenvalue weighted by atomic mass is 16.5. The molecule has 2 N–H and O–H groups in total. The lowest BCUT2D eigenvalue weighted by molar-refractivity contribution is 0.104. The number of aryl methyl sites for hydroxylation is 1. The summed E-state index contributed by atoms with van der Waals surface area (Å²) < 4.78 is 5.59. The van der Waals surface area contributed by atoms with E-state index in [0.717, 1.165) is 16.9 Å². The van der Waals surface area contributed by atoms with Crippen molar-refractivity contribution in [3.63, 3.8) is 0 Å². The number of rotatable bonds is 7. The molecule has 0 aliphatic rings. The SMILES string of the molecule is Cc1cccc(OCC(O)CNC(C)c2cccc(C#N)c2)c1. The van der Waals surface area contributed by atoms with Crippen LogP contribution in [-0.2, 0) is 0 Å². The second-order valence-electron chi connectivity index (χ2n) is 5.65. The van der Waals surface area contributed by atoms with Crippen molar-refractivity contribution in [2.75, 3.05) is 13.2 Å². The summed E-state index contributed by atoms with van der Waals surface area (Å²) in [6.07, 6.45) is -0.600. The zero-order valence-electron chi connectivity index (χ0n) is 13.5. The summed E-state index contributed by atoms with van der Waals surface area (Å²) in [6.45, 7) is 4.66. The fourth-order valence-electron chi connectivity index (χ4n) is 2.26. The standard InChI is InChI=1S/C19H22N2O2/c1-14-5-3-8-19(9-14)23-13-18(22)12-21-15(2)17-7-4-6-16(10-17)11-20/h3-10,15,18,21-22H,12-13H2,1-2H3. The van der Waals surface area contributed by atoms with Gasteiger partial charge in [0.1, 0.15) is 18.5 Å². The van der Waals surface area contributed by atoms with Crippen molar-refractivity contribution in [3.8, 4) is 11.8 Å². The smallest absolute Gasteiger partial charge is 0.119 e. The molecule has 120 valence electrons. The first-order valence-electron chi connectivity index (χ1n) is 7.69. The van der Waals surface area contributed by atoms with Gasteiger partial charge in [-0.1, -0.05) is 24.3 Å². The summed E-state index contributed by atoms with van der Waals surface area (Å²) in [5, 5.41) is 22.2. The van der Waals surface area contributed by atoms with Crippen molar-refractivity contribution in [2.24, 2.45) is 0 Å². The maximum absolute atomic E-state index is 10.0. The van der Waals surface area contributed by atoms with E-state index in [0.29, 0.717) is 12.1 Å². The van der Waals surface area contributed by atoms with Gasteiger partial charge >= 0.3 is 0 Å². The molecule has 0 fully saturated rings. The maximum atomic E-state index is 10.0. The predicted octanol–water partition coefficient (Wildman–Crippen LogP) is 2.96. The van der Waals surface area contributed by atoms with Gasteiger partial charge in [-0.3, -0.25) is 0 Å². The minimum Gasteiger partial charge on any atom is -0.491 e. The Bertz CT molecular complexity index is 679. The molecule has 0 saturated heterocycles. The third-order valence-electron chi connectivity index (χ3n) is 3.61. The van der Waals surface area contributed by atoms with Gasteiger partial charge in [0.05, 0.1) is 11.6 Å². The maximum Gasteiger partial charge on any atom is 0.119 e. The van der Waals surface area contributed by atoms with E-state index in [1.165, 1.54) is 0 Å². The first kappa shape index (κ1) is 17.0. The van der Waals surface area contributed by atoms with Crippen LogP contribution in [0.5, 0.6) is 5.75 Å². The van der Waals surface area contributed by atoms with E-state index in [-0.39, 0.29) is 12.6 Å². The first-order chi connectivity index (χ1) is 11.1. The number of nitrogens with one attached hydrogen (secondary N) is 1. The molecule has 0 heterocycles. The quantitative estimate of drug-likeness (QED) is 0.825. The molecular weight excluding hydrogens is 288 g/mol. The van der Waals surface area contributed by atoms with Crippen LogP contribution in [0.4, 0.5) is 0 Å². The molecule has 2 unspecified atom stereocenters. The van der Waals surface area contributed by atoms with Crippen LogP contribution < -0.4 is 10.1 Å². The van der Waals surface area contributed by atoms with Gasteiger partial charge in [-0.15, -0.1) is 0 Å². The molecule has 2 rings (SSSR count). The Morgan fingerprint density at radius 2 is 2.00 bits per heavy atom. The molecule has 23 heavy (non-hydrogen) atoms. The van der Waals surface area contributed by atoms with Crippen LogP contribution in [-0.4, -0.2) is 24.4 Å². The van der Waals surface area contributed by atoms with Crippen molar-refractivity contribution >= 4 is 0 Å². The predicted molar refractivity (Wildman–Crippen MR) is 90.3 cm³/mol. The van der Waals surface area contributed by atoms with Gasteiger partial charge in [-0.25, -0.2) is 0 Å². The van der Waals surface area contributed by atoms with E-state index in [1.807, 2.05) is 56.3 Å². The van der Waals surface area contributed by atoms with E-state index < -0.39 is 6.10 Å². The Hall–Kier alpha value is -2.35. The van der Waals surface area contributed by atoms with Gasteiger partial charge < -0.3 is 15.2 Å². The summed E-state index contributed by atoms with van der Waals surface area (Å²) in [5.41, 5.74) is 2.79. The van der Waals surface area contributed by atoms with Gasteiger partial charge in [-0.2, -0.15) is 5.26 Å². The van der Waals surface area contributed by atoms with Crippen LogP contribution in [0.2, 0.25) is 0 Å². The number of aliphatic hydroxyl groups is 1. The molecule has 4 nitrogen and oxygen atoms in total. The highest BCUT2D eigenvalue weighted by molar-refractivity contribution is 5.34. The molecular formula is C19H22N2O2. The van der Waals surface area contributed by atoms with Crippen LogP contribution in [0.25, 0.3) is 0 Å². The van der Waals surface area contributed by atoms with E-state index in [2.05, 4.69) is 11.4 Å². The van der Waals surface area contributed by atoms with Gasteiger partial charge in [0.15, 0.2) is 0 Å². The van der Waals surface area contributed by atoms with Gasteiger partial charge in [0.2, 0.25) is 0 Å². The van der Waals surface area contributed by atoms with Crippen LogP contribution in [0.1, 0.15) is 29.7 Å². The monoisotopic (exact) mass is 310 g/mol. The van der Waals surface area contributed by atoms with Crippen LogP contribution in [0.3, 0.4) is 0 Å². The Labute approximate surface area is 137 Å². The van der Waals surface area contributed by atoms with Gasteiger partial charge in [-0.05, 0) is 49.2 Å². The fraction of sp³-hybridized carbons (Fsp3) is 0.316. The van der Waals surface area contributed by atoms with E-state index in [4.69, 9.17) is 10.00 Å². The number of nitrogens with zero attached hydrogens (tertiary/aromatic N) is 1. The molecule has 2 atom stereocenters. The number of aliphatic hydroxyl groups excluding tert-OH is 1. The second kappa shape index (κ2) is 8.33. The van der Waals surface area contributed by atoms with Crippen LogP contribution >= 0.6 is 0 Å². The molecule has 0 aromatic heterocycles. The highest BCUT2D eigenvalue weighted by Gasteiger charge is 2.10. The first-order valence-corrected chi connectivity index (χ1v) is 7.69. The summed E-state index contributed by atoms with van der Waals surface area (Å²) >= 11 is 0. The number of hydrogen-bond acceptors (Lipinski definition) is 4. The molecule has 0 radical (unpaired) electrons. The average molecular weight is 310 g/mol. The molecule has 0 spiro atoms. The third-order valence-corrected chi connectivity index (χ3v) is 3.61. The molecule has 4 heteroatoms. The second-order valence-corrected chi connectivity index (χ2v) is 5.65. The molecule has 0 aliphatic carbocycles.